The molecular weight excluding hydrogens is 677 g/mol. The van der Waals surface area contributed by atoms with Gasteiger partial charge in [0.2, 0.25) is 11.8 Å². The third-order valence-electron chi connectivity index (χ3n) is 8.28. The molecule has 5 rings (SSSR count). The Morgan fingerprint density at radius 3 is 2.02 bits per heavy atom. The summed E-state index contributed by atoms with van der Waals surface area (Å²) < 4.78 is 29.3. The first-order valence-corrected chi connectivity index (χ1v) is 18.1. The molecule has 47 heavy (non-hydrogen) atoms. The number of amides is 2. The number of halogens is 3. The number of nitrogens with zero attached hydrogens (tertiary/aromatic N) is 2. The van der Waals surface area contributed by atoms with Crippen molar-refractivity contribution in [3.8, 4) is 0 Å². The van der Waals surface area contributed by atoms with Gasteiger partial charge in [0.25, 0.3) is 10.0 Å². The molecule has 4 aromatic carbocycles. The largest absolute Gasteiger partial charge is 0.352 e. The molecule has 0 bridgehead atoms. The minimum Gasteiger partial charge on any atom is -0.352 e. The average Bonchev–Trinajstić information content (AvgIpc) is 3.07. The normalized spacial score (nSPS) is 14.3. The molecule has 2 amide bonds. The van der Waals surface area contributed by atoms with Gasteiger partial charge in [-0.25, -0.2) is 8.42 Å². The van der Waals surface area contributed by atoms with Gasteiger partial charge < -0.3 is 10.2 Å². The van der Waals surface area contributed by atoms with Crippen LogP contribution in [-0.2, 0) is 32.6 Å². The average molecular weight is 713 g/mol. The fourth-order valence-electron chi connectivity index (χ4n) is 5.80. The van der Waals surface area contributed by atoms with E-state index in [0.717, 1.165) is 47.5 Å². The minimum atomic E-state index is -4.28. The van der Waals surface area contributed by atoms with Crippen molar-refractivity contribution in [2.45, 2.75) is 62.0 Å². The van der Waals surface area contributed by atoms with Gasteiger partial charge in [0, 0.05) is 29.1 Å². The molecule has 7 nitrogen and oxygen atoms in total. The first-order chi connectivity index (χ1) is 22.6. The summed E-state index contributed by atoms with van der Waals surface area (Å²) in [4.78, 5) is 30.3. The van der Waals surface area contributed by atoms with Crippen molar-refractivity contribution in [3.05, 3.63) is 129 Å². The van der Waals surface area contributed by atoms with Gasteiger partial charge in [-0.15, -0.1) is 0 Å². The summed E-state index contributed by atoms with van der Waals surface area (Å²) in [5.41, 5.74) is 1.68. The topological polar surface area (TPSA) is 86.8 Å². The van der Waals surface area contributed by atoms with Crippen LogP contribution >= 0.6 is 34.8 Å². The van der Waals surface area contributed by atoms with Crippen molar-refractivity contribution >= 4 is 62.3 Å². The van der Waals surface area contributed by atoms with E-state index in [-0.39, 0.29) is 40.5 Å². The Morgan fingerprint density at radius 2 is 1.38 bits per heavy atom. The predicted molar refractivity (Wildman–Crippen MR) is 188 cm³/mol. The fraction of sp³-hybridized carbons (Fsp3) is 0.278. The maximum absolute atomic E-state index is 14.6. The SMILES string of the molecule is O=C(NC1CCCCC1)C(Cc1ccccc1)N(Cc1ccc(Cl)cc1)C(=O)CN(c1ccc(Cl)cc1Cl)S(=O)(=O)c1ccccc1. The molecule has 1 aliphatic carbocycles. The zero-order valence-corrected chi connectivity index (χ0v) is 28.8. The van der Waals surface area contributed by atoms with Gasteiger partial charge in [-0.1, -0.05) is 115 Å². The van der Waals surface area contributed by atoms with Crippen LogP contribution in [0.2, 0.25) is 15.1 Å². The number of sulfonamides is 1. The van der Waals surface area contributed by atoms with Crippen molar-refractivity contribution in [3.63, 3.8) is 0 Å². The Morgan fingerprint density at radius 1 is 0.766 bits per heavy atom. The molecular formula is C36H36Cl3N3O4S. The van der Waals surface area contributed by atoms with Gasteiger partial charge in [0.15, 0.2) is 0 Å². The van der Waals surface area contributed by atoms with E-state index in [9.17, 15) is 18.0 Å². The van der Waals surface area contributed by atoms with Gasteiger partial charge in [-0.2, -0.15) is 0 Å². The van der Waals surface area contributed by atoms with Crippen molar-refractivity contribution in [1.29, 1.82) is 0 Å². The zero-order chi connectivity index (χ0) is 33.4. The number of anilines is 1. The van der Waals surface area contributed by atoms with E-state index >= 15 is 0 Å². The summed E-state index contributed by atoms with van der Waals surface area (Å²) in [6, 6.07) is 27.8. The molecule has 1 atom stereocenters. The lowest BCUT2D eigenvalue weighted by atomic mass is 9.94. The number of carbonyl (C=O) groups excluding carboxylic acids is 2. The molecule has 0 saturated heterocycles. The Bertz CT molecular complexity index is 1770. The van der Waals surface area contributed by atoms with E-state index in [0.29, 0.717) is 10.0 Å². The van der Waals surface area contributed by atoms with Crippen molar-refractivity contribution < 1.29 is 18.0 Å². The third-order valence-corrected chi connectivity index (χ3v) is 10.8. The maximum Gasteiger partial charge on any atom is 0.264 e. The summed E-state index contributed by atoms with van der Waals surface area (Å²) in [5, 5.41) is 4.11. The highest BCUT2D eigenvalue weighted by Gasteiger charge is 2.36. The van der Waals surface area contributed by atoms with Crippen LogP contribution in [0.15, 0.2) is 108 Å². The highest BCUT2D eigenvalue weighted by molar-refractivity contribution is 7.92. The van der Waals surface area contributed by atoms with Crippen LogP contribution in [0.25, 0.3) is 0 Å². The number of benzene rings is 4. The lowest BCUT2D eigenvalue weighted by Gasteiger charge is -2.35. The van der Waals surface area contributed by atoms with Crippen LogP contribution < -0.4 is 9.62 Å². The Hall–Kier alpha value is -3.56. The van der Waals surface area contributed by atoms with Crippen LogP contribution in [0.1, 0.15) is 43.2 Å². The first-order valence-electron chi connectivity index (χ1n) is 15.5. The molecule has 0 radical (unpaired) electrons. The van der Waals surface area contributed by atoms with Crippen LogP contribution in [0.3, 0.4) is 0 Å². The second kappa shape index (κ2) is 16.0. The maximum atomic E-state index is 14.6. The third kappa shape index (κ3) is 9.08. The van der Waals surface area contributed by atoms with Gasteiger partial charge in [0.1, 0.15) is 12.6 Å². The summed E-state index contributed by atoms with van der Waals surface area (Å²) in [7, 11) is -4.28. The molecule has 0 spiro atoms. The highest BCUT2D eigenvalue weighted by atomic mass is 35.5. The van der Waals surface area contributed by atoms with Crippen molar-refractivity contribution in [2.75, 3.05) is 10.8 Å². The standard InChI is InChI=1S/C36H36Cl3N3O4S/c37-28-18-16-27(17-19-28)24-41(34(22-26-10-4-1-5-11-26)36(44)40-30-12-6-2-7-13-30)35(43)25-42(33-21-20-29(38)23-32(33)39)47(45,46)31-14-8-3-9-15-31/h1,3-5,8-11,14-21,23,30,34H,2,6-7,12-13,22,24-25H2,(H,40,44). The summed E-state index contributed by atoms with van der Waals surface area (Å²) in [6.07, 6.45) is 5.14. The smallest absolute Gasteiger partial charge is 0.264 e. The van der Waals surface area contributed by atoms with Crippen LogP contribution in [0.4, 0.5) is 5.69 Å². The highest BCUT2D eigenvalue weighted by Crippen LogP contribution is 2.33. The molecule has 1 unspecified atom stereocenters. The number of nitrogens with one attached hydrogen (secondary N) is 1. The van der Waals surface area contributed by atoms with E-state index in [1.165, 1.54) is 35.2 Å². The van der Waals surface area contributed by atoms with E-state index < -0.39 is 28.5 Å². The number of hydrogen-bond donors (Lipinski definition) is 1. The van der Waals surface area contributed by atoms with Crippen molar-refractivity contribution in [1.82, 2.24) is 10.2 Å². The lowest BCUT2D eigenvalue weighted by molar-refractivity contribution is -0.140. The van der Waals surface area contributed by atoms with Crippen LogP contribution in [-0.4, -0.2) is 43.8 Å². The number of carbonyl (C=O) groups is 2. The van der Waals surface area contributed by atoms with Crippen LogP contribution in [0.5, 0.6) is 0 Å². The molecule has 11 heteroatoms. The van der Waals surface area contributed by atoms with Crippen LogP contribution in [0, 0.1) is 0 Å². The fourth-order valence-corrected chi connectivity index (χ4v) is 7.94. The quantitative estimate of drug-likeness (QED) is 0.162. The molecule has 1 N–H and O–H groups in total. The second-order valence-electron chi connectivity index (χ2n) is 11.6. The molecule has 0 aromatic heterocycles. The van der Waals surface area contributed by atoms with E-state index in [1.54, 1.807) is 42.5 Å². The minimum absolute atomic E-state index is 0.00448. The lowest BCUT2D eigenvalue weighted by Crippen LogP contribution is -2.55. The zero-order valence-electron chi connectivity index (χ0n) is 25.7. The Labute approximate surface area is 291 Å². The molecule has 1 saturated carbocycles. The van der Waals surface area contributed by atoms with Crippen molar-refractivity contribution in [2.24, 2.45) is 0 Å². The molecule has 0 heterocycles. The summed E-state index contributed by atoms with van der Waals surface area (Å²) >= 11 is 18.9. The summed E-state index contributed by atoms with van der Waals surface area (Å²) in [5.74, 6) is -0.866. The van der Waals surface area contributed by atoms with E-state index in [2.05, 4.69) is 5.32 Å². The molecule has 4 aromatic rings. The molecule has 1 fully saturated rings. The van der Waals surface area contributed by atoms with E-state index in [4.69, 9.17) is 34.8 Å². The monoisotopic (exact) mass is 711 g/mol. The Balaban J connectivity index is 1.57. The van der Waals surface area contributed by atoms with Gasteiger partial charge in [-0.3, -0.25) is 13.9 Å². The van der Waals surface area contributed by atoms with E-state index in [1.807, 2.05) is 30.3 Å². The van der Waals surface area contributed by atoms with Gasteiger partial charge in [0.05, 0.1) is 15.6 Å². The Kier molecular flexibility index (Phi) is 11.9. The second-order valence-corrected chi connectivity index (χ2v) is 14.8. The number of hydrogen-bond acceptors (Lipinski definition) is 4. The molecule has 1 aliphatic rings. The number of rotatable bonds is 12. The van der Waals surface area contributed by atoms with Gasteiger partial charge in [-0.05, 0) is 66.4 Å². The first kappa shape index (κ1) is 34.8. The molecule has 246 valence electrons. The predicted octanol–water partition coefficient (Wildman–Crippen LogP) is 7.93. The van der Waals surface area contributed by atoms with Gasteiger partial charge >= 0.3 is 0 Å². The summed E-state index contributed by atoms with van der Waals surface area (Å²) in [6.45, 7) is -0.576. The molecule has 0 aliphatic heterocycles.